The van der Waals surface area contributed by atoms with Gasteiger partial charge in [0.05, 0.1) is 0 Å². The zero-order chi connectivity index (χ0) is 7.40. The van der Waals surface area contributed by atoms with Gasteiger partial charge in [-0.2, -0.15) is 0 Å². The Morgan fingerprint density at radius 2 is 2.30 bits per heavy atom. The molecule has 0 radical (unpaired) electrons. The Kier molecular flexibility index (Phi) is 2.42. The first kappa shape index (κ1) is 7.25. The van der Waals surface area contributed by atoms with E-state index in [1.807, 2.05) is 12.1 Å². The van der Waals surface area contributed by atoms with Crippen LogP contribution >= 0.6 is 0 Å². The van der Waals surface area contributed by atoms with Crippen LogP contribution in [0.4, 0.5) is 0 Å². The molecule has 0 aliphatic heterocycles. The van der Waals surface area contributed by atoms with Gasteiger partial charge in [0.2, 0.25) is 0 Å². The maximum atomic E-state index is 5.16. The first-order valence-electron chi connectivity index (χ1n) is 3.32. The predicted molar refractivity (Wildman–Crippen MR) is 42.2 cm³/mol. The number of hydrogen-bond acceptors (Lipinski definition) is 2. The van der Waals surface area contributed by atoms with Crippen molar-refractivity contribution in [3.8, 4) is 0 Å². The van der Waals surface area contributed by atoms with Crippen molar-refractivity contribution >= 4 is 0 Å². The molecule has 0 saturated carbocycles. The molecular formula is C8H12N2. The molecule has 0 saturated heterocycles. The highest BCUT2D eigenvalue weighted by Crippen LogP contribution is 2.02. The zero-order valence-electron chi connectivity index (χ0n) is 6.09. The van der Waals surface area contributed by atoms with Gasteiger partial charge >= 0.3 is 0 Å². The normalized spacial score (nSPS) is 9.80. The van der Waals surface area contributed by atoms with Crippen molar-refractivity contribution in [2.75, 3.05) is 0 Å². The highest BCUT2D eigenvalue weighted by atomic mass is 15.2. The largest absolute Gasteiger partial charge is 0.271 e. The summed E-state index contributed by atoms with van der Waals surface area (Å²) in [5.74, 6) is 5.16. The molecule has 0 fully saturated rings. The minimum atomic E-state index is 0.738. The Hall–Kier alpha value is -0.860. The van der Waals surface area contributed by atoms with Gasteiger partial charge in [-0.25, -0.2) is 0 Å². The van der Waals surface area contributed by atoms with Crippen LogP contribution < -0.4 is 11.3 Å². The summed E-state index contributed by atoms with van der Waals surface area (Å²) < 4.78 is 0. The second kappa shape index (κ2) is 3.34. The van der Waals surface area contributed by atoms with Crippen molar-refractivity contribution in [3.05, 3.63) is 35.4 Å². The molecule has 0 bridgehead atoms. The average Bonchev–Trinajstić information content (AvgIpc) is 1.88. The Labute approximate surface area is 61.0 Å². The highest BCUT2D eigenvalue weighted by molar-refractivity contribution is 5.21. The fourth-order valence-corrected chi connectivity index (χ4v) is 0.940. The summed E-state index contributed by atoms with van der Waals surface area (Å²) in [6.07, 6.45) is 0. The molecule has 0 amide bonds. The fourth-order valence-electron chi connectivity index (χ4n) is 0.940. The molecule has 1 aromatic carbocycles. The van der Waals surface area contributed by atoms with E-state index in [4.69, 9.17) is 5.84 Å². The maximum absolute atomic E-state index is 5.16. The molecular weight excluding hydrogens is 124 g/mol. The minimum Gasteiger partial charge on any atom is -0.271 e. The fraction of sp³-hybridized carbons (Fsp3) is 0.250. The van der Waals surface area contributed by atoms with Gasteiger partial charge in [0.15, 0.2) is 0 Å². The van der Waals surface area contributed by atoms with Gasteiger partial charge in [0.25, 0.3) is 0 Å². The van der Waals surface area contributed by atoms with E-state index in [-0.39, 0.29) is 0 Å². The third kappa shape index (κ3) is 1.83. The standard InChI is InChI=1S/C8H12N2/c1-7-3-2-4-8(5-7)6-10-9/h2-5,10H,6,9H2,1H3. The summed E-state index contributed by atoms with van der Waals surface area (Å²) in [5, 5.41) is 0. The third-order valence-electron chi connectivity index (χ3n) is 1.39. The van der Waals surface area contributed by atoms with Crippen molar-refractivity contribution in [1.82, 2.24) is 5.43 Å². The Morgan fingerprint density at radius 1 is 1.50 bits per heavy atom. The molecule has 1 rings (SSSR count). The van der Waals surface area contributed by atoms with Crippen LogP contribution in [0.5, 0.6) is 0 Å². The van der Waals surface area contributed by atoms with Crippen molar-refractivity contribution in [3.63, 3.8) is 0 Å². The molecule has 0 aromatic heterocycles. The van der Waals surface area contributed by atoms with E-state index in [2.05, 4.69) is 24.5 Å². The summed E-state index contributed by atoms with van der Waals surface area (Å²) in [7, 11) is 0. The van der Waals surface area contributed by atoms with Crippen LogP contribution in [-0.4, -0.2) is 0 Å². The van der Waals surface area contributed by atoms with E-state index in [1.165, 1.54) is 11.1 Å². The van der Waals surface area contributed by atoms with E-state index in [0.717, 1.165) is 6.54 Å². The van der Waals surface area contributed by atoms with Crippen LogP contribution in [0, 0.1) is 6.92 Å². The average molecular weight is 136 g/mol. The summed E-state index contributed by atoms with van der Waals surface area (Å²) in [6, 6.07) is 8.26. The number of aryl methyl sites for hydroxylation is 1. The van der Waals surface area contributed by atoms with Crippen molar-refractivity contribution < 1.29 is 0 Å². The number of hydrazine groups is 1. The highest BCUT2D eigenvalue weighted by Gasteiger charge is 1.88. The number of nitrogens with one attached hydrogen (secondary N) is 1. The molecule has 10 heavy (non-hydrogen) atoms. The van der Waals surface area contributed by atoms with Crippen LogP contribution in [0.15, 0.2) is 24.3 Å². The van der Waals surface area contributed by atoms with Crippen molar-refractivity contribution in [1.29, 1.82) is 0 Å². The van der Waals surface area contributed by atoms with E-state index >= 15 is 0 Å². The van der Waals surface area contributed by atoms with Gasteiger partial charge in [0, 0.05) is 6.54 Å². The van der Waals surface area contributed by atoms with E-state index in [9.17, 15) is 0 Å². The van der Waals surface area contributed by atoms with Gasteiger partial charge < -0.3 is 0 Å². The van der Waals surface area contributed by atoms with Gasteiger partial charge in [-0.05, 0) is 12.5 Å². The molecule has 2 heteroatoms. The molecule has 0 unspecified atom stereocenters. The van der Waals surface area contributed by atoms with Gasteiger partial charge in [0.1, 0.15) is 0 Å². The topological polar surface area (TPSA) is 38.0 Å². The van der Waals surface area contributed by atoms with E-state index in [1.54, 1.807) is 0 Å². The molecule has 1 aromatic rings. The zero-order valence-corrected chi connectivity index (χ0v) is 6.09. The summed E-state index contributed by atoms with van der Waals surface area (Å²) in [6.45, 7) is 2.81. The van der Waals surface area contributed by atoms with Crippen LogP contribution in [0.25, 0.3) is 0 Å². The summed E-state index contributed by atoms with van der Waals surface area (Å²) in [5.41, 5.74) is 5.11. The smallest absolute Gasteiger partial charge is 0.0348 e. The Bertz CT molecular complexity index is 208. The number of nitrogens with two attached hydrogens (primary N) is 1. The van der Waals surface area contributed by atoms with Gasteiger partial charge in [-0.3, -0.25) is 11.3 Å². The number of rotatable bonds is 2. The molecule has 0 heterocycles. The molecule has 3 N–H and O–H groups in total. The lowest BCUT2D eigenvalue weighted by Crippen LogP contribution is -2.20. The van der Waals surface area contributed by atoms with Crippen LogP contribution in [-0.2, 0) is 6.54 Å². The Morgan fingerprint density at radius 3 is 2.90 bits per heavy atom. The van der Waals surface area contributed by atoms with E-state index in [0.29, 0.717) is 0 Å². The first-order chi connectivity index (χ1) is 4.83. The second-order valence-electron chi connectivity index (χ2n) is 2.37. The first-order valence-corrected chi connectivity index (χ1v) is 3.32. The molecule has 54 valence electrons. The van der Waals surface area contributed by atoms with Crippen LogP contribution in [0.3, 0.4) is 0 Å². The monoisotopic (exact) mass is 136 g/mol. The predicted octanol–water partition coefficient (Wildman–Crippen LogP) is 0.958. The van der Waals surface area contributed by atoms with Crippen molar-refractivity contribution in [2.45, 2.75) is 13.5 Å². The molecule has 0 spiro atoms. The van der Waals surface area contributed by atoms with E-state index < -0.39 is 0 Å². The lowest BCUT2D eigenvalue weighted by molar-refractivity contribution is 0.741. The SMILES string of the molecule is Cc1cccc(CNN)c1. The van der Waals surface area contributed by atoms with Gasteiger partial charge in [-0.1, -0.05) is 29.8 Å². The minimum absolute atomic E-state index is 0.738. The second-order valence-corrected chi connectivity index (χ2v) is 2.37. The summed E-state index contributed by atoms with van der Waals surface area (Å²) in [4.78, 5) is 0. The quantitative estimate of drug-likeness (QED) is 0.469. The van der Waals surface area contributed by atoms with Crippen LogP contribution in [0.1, 0.15) is 11.1 Å². The lowest BCUT2D eigenvalue weighted by atomic mass is 10.1. The van der Waals surface area contributed by atoms with Gasteiger partial charge in [-0.15, -0.1) is 0 Å². The third-order valence-corrected chi connectivity index (χ3v) is 1.39. The van der Waals surface area contributed by atoms with Crippen LogP contribution in [0.2, 0.25) is 0 Å². The number of benzene rings is 1. The van der Waals surface area contributed by atoms with Crippen molar-refractivity contribution in [2.24, 2.45) is 5.84 Å². The maximum Gasteiger partial charge on any atom is 0.0348 e. The molecule has 0 aliphatic carbocycles. The molecule has 2 nitrogen and oxygen atoms in total. The Balaban J connectivity index is 2.75. The summed E-state index contributed by atoms with van der Waals surface area (Å²) >= 11 is 0. The molecule has 0 atom stereocenters. The number of hydrogen-bond donors (Lipinski definition) is 2. The molecule has 0 aliphatic rings. The lowest BCUT2D eigenvalue weighted by Gasteiger charge is -1.99.